The molecule has 0 fully saturated rings. The molecule has 0 N–H and O–H groups in total. The molecule has 0 bridgehead atoms. The second-order valence-electron chi connectivity index (χ2n) is 5.67. The van der Waals surface area contributed by atoms with E-state index >= 15 is 0 Å². The zero-order chi connectivity index (χ0) is 17.9. The fourth-order valence-electron chi connectivity index (χ4n) is 2.53. The van der Waals surface area contributed by atoms with E-state index < -0.39 is 0 Å². The summed E-state index contributed by atoms with van der Waals surface area (Å²) < 4.78 is 6.63. The topological polar surface area (TPSA) is 99.6 Å². The van der Waals surface area contributed by atoms with Crippen molar-refractivity contribution >= 4 is 22.6 Å². The maximum atomic E-state index is 12.4. The largest absolute Gasteiger partial charge is 0.337 e. The number of hydrogen-bond acceptors (Lipinski definition) is 7. The summed E-state index contributed by atoms with van der Waals surface area (Å²) in [6.45, 7) is 0.143. The summed E-state index contributed by atoms with van der Waals surface area (Å²) in [6.07, 6.45) is 5.60. The Labute approximate surface area is 152 Å². The van der Waals surface area contributed by atoms with Crippen LogP contribution in [0.4, 0.5) is 0 Å². The summed E-state index contributed by atoms with van der Waals surface area (Å²) >= 11 is 5.88. The second-order valence-corrected chi connectivity index (χ2v) is 6.10. The molecule has 9 heteroatoms. The van der Waals surface area contributed by atoms with E-state index in [4.69, 9.17) is 16.1 Å². The van der Waals surface area contributed by atoms with Crippen LogP contribution in [-0.2, 0) is 19.4 Å². The summed E-state index contributed by atoms with van der Waals surface area (Å²) in [4.78, 5) is 28.7. The van der Waals surface area contributed by atoms with E-state index in [1.807, 2.05) is 24.3 Å². The Balaban J connectivity index is 1.47. The van der Waals surface area contributed by atoms with Crippen LogP contribution in [0, 0.1) is 0 Å². The molecule has 4 rings (SSSR count). The highest BCUT2D eigenvalue weighted by Gasteiger charge is 2.11. The summed E-state index contributed by atoms with van der Waals surface area (Å²) in [6, 6.07) is 7.63. The molecule has 0 spiro atoms. The van der Waals surface area contributed by atoms with E-state index in [0.29, 0.717) is 34.2 Å². The minimum absolute atomic E-state index is 0.143. The van der Waals surface area contributed by atoms with Crippen molar-refractivity contribution in [2.45, 2.75) is 19.4 Å². The summed E-state index contributed by atoms with van der Waals surface area (Å²) in [7, 11) is 0. The van der Waals surface area contributed by atoms with Crippen molar-refractivity contribution in [2.75, 3.05) is 0 Å². The number of halogens is 1. The molecule has 0 aliphatic rings. The Morgan fingerprint density at radius 2 is 1.96 bits per heavy atom. The van der Waals surface area contributed by atoms with Gasteiger partial charge in [-0.2, -0.15) is 4.98 Å². The minimum Gasteiger partial charge on any atom is -0.337 e. The SMILES string of the molecule is O=c1c2cncnc2ncn1Cc1nc(CCc2ccc(Cl)cc2)no1. The Morgan fingerprint density at radius 1 is 1.12 bits per heavy atom. The third-order valence-electron chi connectivity index (χ3n) is 3.87. The number of benzene rings is 1. The number of aryl methyl sites for hydroxylation is 2. The van der Waals surface area contributed by atoms with Crippen LogP contribution in [-0.4, -0.2) is 29.7 Å². The predicted octanol–water partition coefficient (Wildman–Crippen LogP) is 2.06. The minimum atomic E-state index is -0.253. The van der Waals surface area contributed by atoms with Gasteiger partial charge in [-0.25, -0.2) is 15.0 Å². The lowest BCUT2D eigenvalue weighted by atomic mass is 10.1. The molecule has 0 amide bonds. The molecule has 1 aromatic carbocycles. The van der Waals surface area contributed by atoms with Gasteiger partial charge in [-0.3, -0.25) is 9.36 Å². The lowest BCUT2D eigenvalue weighted by Gasteiger charge is -2.02. The summed E-state index contributed by atoms with van der Waals surface area (Å²) in [5.74, 6) is 0.927. The van der Waals surface area contributed by atoms with Crippen LogP contribution in [0.5, 0.6) is 0 Å². The van der Waals surface area contributed by atoms with Gasteiger partial charge in [0.1, 0.15) is 24.6 Å². The molecule has 3 heterocycles. The van der Waals surface area contributed by atoms with Crippen LogP contribution in [0.1, 0.15) is 17.3 Å². The van der Waals surface area contributed by atoms with Crippen LogP contribution < -0.4 is 5.56 Å². The van der Waals surface area contributed by atoms with E-state index in [-0.39, 0.29) is 12.1 Å². The first-order valence-electron chi connectivity index (χ1n) is 7.90. The number of nitrogens with zero attached hydrogens (tertiary/aromatic N) is 6. The van der Waals surface area contributed by atoms with Gasteiger partial charge in [0.2, 0.25) is 5.89 Å². The molecule has 0 aliphatic heterocycles. The highest BCUT2D eigenvalue weighted by atomic mass is 35.5. The predicted molar refractivity (Wildman–Crippen MR) is 93.9 cm³/mol. The smallest absolute Gasteiger partial charge is 0.264 e. The van der Waals surface area contributed by atoms with Crippen LogP contribution >= 0.6 is 11.6 Å². The number of aromatic nitrogens is 6. The Bertz CT molecular complexity index is 1110. The van der Waals surface area contributed by atoms with Crippen LogP contribution in [0.3, 0.4) is 0 Å². The Hall–Kier alpha value is -3.13. The fraction of sp³-hybridized carbons (Fsp3) is 0.176. The molecule has 3 aromatic heterocycles. The molecule has 4 aromatic rings. The molecule has 8 nitrogen and oxygen atoms in total. The lowest BCUT2D eigenvalue weighted by molar-refractivity contribution is 0.364. The standard InChI is InChI=1S/C17H13ClN6O2/c18-12-4-1-11(2-5-12)3-6-14-22-15(26-23-14)8-24-10-21-16-13(17(24)25)7-19-9-20-16/h1-2,4-5,7,9-10H,3,6,8H2. The number of fused-ring (bicyclic) bond motifs is 1. The van der Waals surface area contributed by atoms with Crippen molar-refractivity contribution < 1.29 is 4.52 Å². The van der Waals surface area contributed by atoms with Gasteiger partial charge in [0, 0.05) is 17.6 Å². The maximum absolute atomic E-state index is 12.4. The monoisotopic (exact) mass is 368 g/mol. The average Bonchev–Trinajstić information content (AvgIpc) is 3.11. The van der Waals surface area contributed by atoms with Crippen molar-refractivity contribution in [3.63, 3.8) is 0 Å². The molecule has 26 heavy (non-hydrogen) atoms. The van der Waals surface area contributed by atoms with Crippen LogP contribution in [0.25, 0.3) is 11.0 Å². The van der Waals surface area contributed by atoms with Gasteiger partial charge < -0.3 is 4.52 Å². The quantitative estimate of drug-likeness (QED) is 0.531. The first kappa shape index (κ1) is 16.3. The van der Waals surface area contributed by atoms with Gasteiger partial charge in [-0.1, -0.05) is 28.9 Å². The summed E-state index contributed by atoms with van der Waals surface area (Å²) in [5.41, 5.74) is 1.24. The van der Waals surface area contributed by atoms with E-state index in [1.165, 1.54) is 23.4 Å². The molecule has 0 unspecified atom stereocenters. The first-order chi connectivity index (χ1) is 12.7. The van der Waals surface area contributed by atoms with Crippen molar-refractivity contribution in [2.24, 2.45) is 0 Å². The molecular formula is C17H13ClN6O2. The molecule has 130 valence electrons. The van der Waals surface area contributed by atoms with E-state index in [2.05, 4.69) is 25.1 Å². The Morgan fingerprint density at radius 3 is 2.81 bits per heavy atom. The maximum Gasteiger partial charge on any atom is 0.264 e. The molecule has 0 aliphatic carbocycles. The molecule has 0 radical (unpaired) electrons. The average molecular weight is 369 g/mol. The van der Waals surface area contributed by atoms with Gasteiger partial charge in [0.15, 0.2) is 11.5 Å². The molecule has 0 saturated carbocycles. The second kappa shape index (κ2) is 7.01. The third kappa shape index (κ3) is 3.45. The van der Waals surface area contributed by atoms with Crippen LogP contribution in [0.2, 0.25) is 5.02 Å². The number of hydrogen-bond donors (Lipinski definition) is 0. The van der Waals surface area contributed by atoms with Crippen molar-refractivity contribution in [1.29, 1.82) is 0 Å². The van der Waals surface area contributed by atoms with Gasteiger partial charge in [0.25, 0.3) is 5.56 Å². The molecular weight excluding hydrogens is 356 g/mol. The highest BCUT2D eigenvalue weighted by Crippen LogP contribution is 2.11. The first-order valence-corrected chi connectivity index (χ1v) is 8.28. The van der Waals surface area contributed by atoms with Gasteiger partial charge in [0.05, 0.1) is 0 Å². The van der Waals surface area contributed by atoms with Gasteiger partial charge >= 0.3 is 0 Å². The zero-order valence-corrected chi connectivity index (χ0v) is 14.3. The van der Waals surface area contributed by atoms with E-state index in [1.54, 1.807) is 0 Å². The van der Waals surface area contributed by atoms with Gasteiger partial charge in [-0.15, -0.1) is 0 Å². The fourth-order valence-corrected chi connectivity index (χ4v) is 2.66. The van der Waals surface area contributed by atoms with Crippen LogP contribution in [0.15, 0.2) is 52.4 Å². The normalized spacial score (nSPS) is 11.1. The molecule has 0 saturated heterocycles. The van der Waals surface area contributed by atoms with Gasteiger partial charge in [-0.05, 0) is 24.1 Å². The Kier molecular flexibility index (Phi) is 4.40. The van der Waals surface area contributed by atoms with E-state index in [0.717, 1.165) is 12.0 Å². The number of rotatable bonds is 5. The molecule has 0 atom stereocenters. The third-order valence-corrected chi connectivity index (χ3v) is 4.12. The van der Waals surface area contributed by atoms with Crippen molar-refractivity contribution in [3.8, 4) is 0 Å². The zero-order valence-electron chi connectivity index (χ0n) is 13.5. The van der Waals surface area contributed by atoms with Crippen molar-refractivity contribution in [1.82, 2.24) is 29.7 Å². The van der Waals surface area contributed by atoms with E-state index in [9.17, 15) is 4.79 Å². The highest BCUT2D eigenvalue weighted by molar-refractivity contribution is 6.30. The van der Waals surface area contributed by atoms with Crippen molar-refractivity contribution in [3.05, 3.63) is 75.8 Å². The lowest BCUT2D eigenvalue weighted by Crippen LogP contribution is -2.21. The summed E-state index contributed by atoms with van der Waals surface area (Å²) in [5, 5.41) is 5.01.